The minimum absolute atomic E-state index is 0.00184. The third-order valence-corrected chi connectivity index (χ3v) is 2.61. The van der Waals surface area contributed by atoms with E-state index >= 15 is 0 Å². The van der Waals surface area contributed by atoms with Gasteiger partial charge in [0.1, 0.15) is 17.3 Å². The molecule has 0 aliphatic heterocycles. The van der Waals surface area contributed by atoms with Crippen LogP contribution in [-0.2, 0) is 0 Å². The van der Waals surface area contributed by atoms with Crippen molar-refractivity contribution in [3.8, 4) is 11.5 Å². The first-order chi connectivity index (χ1) is 9.60. The van der Waals surface area contributed by atoms with Gasteiger partial charge in [-0.3, -0.25) is 0 Å². The Morgan fingerprint density at radius 2 is 2.05 bits per heavy atom. The normalized spacial score (nSPS) is 12.8. The molecule has 1 rings (SSSR count). The van der Waals surface area contributed by atoms with E-state index in [0.717, 1.165) is 17.2 Å². The van der Waals surface area contributed by atoms with E-state index in [0.29, 0.717) is 19.6 Å². The molecule has 20 heavy (non-hydrogen) atoms. The maximum Gasteiger partial charge on any atom is 0.142 e. The fourth-order valence-electron chi connectivity index (χ4n) is 1.83. The Morgan fingerprint density at radius 1 is 1.35 bits per heavy atom. The van der Waals surface area contributed by atoms with Crippen molar-refractivity contribution in [1.29, 1.82) is 0 Å². The molecule has 1 aromatic carbocycles. The highest BCUT2D eigenvalue weighted by Crippen LogP contribution is 2.30. The first kappa shape index (κ1) is 15.9. The van der Waals surface area contributed by atoms with Gasteiger partial charge in [-0.25, -0.2) is 0 Å². The van der Waals surface area contributed by atoms with E-state index in [4.69, 9.17) is 20.4 Å². The Balaban J connectivity index is 2.85. The second-order valence-corrected chi connectivity index (χ2v) is 4.36. The van der Waals surface area contributed by atoms with Gasteiger partial charge in [0.2, 0.25) is 0 Å². The molecule has 0 aliphatic rings. The SMILES string of the molecule is CCOc1ccc(OCC)c(NC(C)CC(N)=NO)c1. The van der Waals surface area contributed by atoms with Gasteiger partial charge >= 0.3 is 0 Å². The third kappa shape index (κ3) is 4.87. The van der Waals surface area contributed by atoms with Gasteiger partial charge in [0, 0.05) is 18.5 Å². The molecule has 6 heteroatoms. The number of amidine groups is 1. The highest BCUT2D eigenvalue weighted by molar-refractivity contribution is 5.80. The van der Waals surface area contributed by atoms with Crippen LogP contribution in [0.15, 0.2) is 23.4 Å². The average molecular weight is 281 g/mol. The summed E-state index contributed by atoms with van der Waals surface area (Å²) >= 11 is 0. The molecule has 0 heterocycles. The molecule has 0 radical (unpaired) electrons. The summed E-state index contributed by atoms with van der Waals surface area (Å²) in [5.74, 6) is 1.71. The lowest BCUT2D eigenvalue weighted by molar-refractivity contribution is 0.316. The highest BCUT2D eigenvalue weighted by Gasteiger charge is 2.10. The molecule has 1 atom stereocenters. The number of rotatable bonds is 8. The summed E-state index contributed by atoms with van der Waals surface area (Å²) in [5.41, 5.74) is 6.34. The molecule has 112 valence electrons. The third-order valence-electron chi connectivity index (χ3n) is 2.61. The van der Waals surface area contributed by atoms with Crippen LogP contribution in [0.2, 0.25) is 0 Å². The molecule has 0 saturated carbocycles. The van der Waals surface area contributed by atoms with E-state index in [1.807, 2.05) is 39.0 Å². The topological polar surface area (TPSA) is 89.1 Å². The van der Waals surface area contributed by atoms with Gasteiger partial charge in [-0.15, -0.1) is 0 Å². The molecular formula is C14H23N3O3. The number of benzene rings is 1. The van der Waals surface area contributed by atoms with E-state index < -0.39 is 0 Å². The smallest absolute Gasteiger partial charge is 0.142 e. The van der Waals surface area contributed by atoms with Gasteiger partial charge in [-0.1, -0.05) is 5.16 Å². The van der Waals surface area contributed by atoms with Crippen molar-refractivity contribution in [2.45, 2.75) is 33.2 Å². The van der Waals surface area contributed by atoms with E-state index in [-0.39, 0.29) is 11.9 Å². The van der Waals surface area contributed by atoms with Crippen molar-refractivity contribution in [2.24, 2.45) is 10.9 Å². The van der Waals surface area contributed by atoms with Crippen molar-refractivity contribution in [3.63, 3.8) is 0 Å². The predicted molar refractivity (Wildman–Crippen MR) is 79.9 cm³/mol. The molecule has 0 spiro atoms. The van der Waals surface area contributed by atoms with Crippen molar-refractivity contribution in [3.05, 3.63) is 18.2 Å². The average Bonchev–Trinajstić information content (AvgIpc) is 2.42. The summed E-state index contributed by atoms with van der Waals surface area (Å²) in [6.07, 6.45) is 0.431. The summed E-state index contributed by atoms with van der Waals surface area (Å²) in [4.78, 5) is 0. The van der Waals surface area contributed by atoms with Gasteiger partial charge in [0.25, 0.3) is 0 Å². The maximum absolute atomic E-state index is 8.59. The van der Waals surface area contributed by atoms with Gasteiger partial charge in [0.05, 0.1) is 18.9 Å². The summed E-state index contributed by atoms with van der Waals surface area (Å²) in [5, 5.41) is 14.8. The Bertz CT molecular complexity index is 449. The number of oxime groups is 1. The zero-order valence-electron chi connectivity index (χ0n) is 12.2. The van der Waals surface area contributed by atoms with Crippen LogP contribution in [0.1, 0.15) is 27.2 Å². The lowest BCUT2D eigenvalue weighted by atomic mass is 10.2. The quantitative estimate of drug-likeness (QED) is 0.295. The minimum atomic E-state index is 0.00184. The number of hydrogen-bond donors (Lipinski definition) is 3. The molecule has 0 aliphatic carbocycles. The number of nitrogens with one attached hydrogen (secondary N) is 1. The summed E-state index contributed by atoms with van der Waals surface area (Å²) < 4.78 is 11.1. The summed E-state index contributed by atoms with van der Waals surface area (Å²) in [6.45, 7) is 7.00. The van der Waals surface area contributed by atoms with E-state index in [1.165, 1.54) is 0 Å². The molecule has 1 unspecified atom stereocenters. The molecule has 0 aromatic heterocycles. The van der Waals surface area contributed by atoms with Crippen molar-refractivity contribution < 1.29 is 14.7 Å². The van der Waals surface area contributed by atoms with Gasteiger partial charge in [0.15, 0.2) is 0 Å². The zero-order chi connectivity index (χ0) is 15.0. The second-order valence-electron chi connectivity index (χ2n) is 4.36. The largest absolute Gasteiger partial charge is 0.494 e. The number of ether oxygens (including phenoxy) is 2. The van der Waals surface area contributed by atoms with Crippen molar-refractivity contribution in [1.82, 2.24) is 0 Å². The Morgan fingerprint density at radius 3 is 2.65 bits per heavy atom. The van der Waals surface area contributed by atoms with Gasteiger partial charge in [-0.05, 0) is 32.9 Å². The van der Waals surface area contributed by atoms with Crippen LogP contribution in [0.3, 0.4) is 0 Å². The molecule has 1 aromatic rings. The molecule has 4 N–H and O–H groups in total. The number of nitrogens with zero attached hydrogens (tertiary/aromatic N) is 1. The standard InChI is InChI=1S/C14H23N3O3/c1-4-19-11-6-7-13(20-5-2)12(9-11)16-10(3)8-14(15)17-18/h6-7,9-10,16,18H,4-5,8H2,1-3H3,(H2,15,17). The Hall–Kier alpha value is -2.11. The van der Waals surface area contributed by atoms with Gasteiger partial charge < -0.3 is 25.7 Å². The zero-order valence-corrected chi connectivity index (χ0v) is 12.2. The van der Waals surface area contributed by atoms with Crippen LogP contribution in [-0.4, -0.2) is 30.3 Å². The fraction of sp³-hybridized carbons (Fsp3) is 0.500. The highest BCUT2D eigenvalue weighted by atomic mass is 16.5. The second kappa shape index (κ2) is 8.14. The maximum atomic E-state index is 8.59. The van der Waals surface area contributed by atoms with Crippen LogP contribution >= 0.6 is 0 Å². The molecule has 0 bridgehead atoms. The minimum Gasteiger partial charge on any atom is -0.494 e. The summed E-state index contributed by atoms with van der Waals surface area (Å²) in [6, 6.07) is 5.63. The molecule has 0 saturated heterocycles. The van der Waals surface area contributed by atoms with Crippen LogP contribution in [0, 0.1) is 0 Å². The lowest BCUT2D eigenvalue weighted by Gasteiger charge is -2.18. The van der Waals surface area contributed by atoms with Crippen molar-refractivity contribution >= 4 is 11.5 Å². The Labute approximate surface area is 119 Å². The van der Waals surface area contributed by atoms with E-state index in [1.54, 1.807) is 0 Å². The first-order valence-electron chi connectivity index (χ1n) is 6.73. The number of hydrogen-bond acceptors (Lipinski definition) is 5. The van der Waals surface area contributed by atoms with Crippen LogP contribution in [0.4, 0.5) is 5.69 Å². The van der Waals surface area contributed by atoms with Crippen LogP contribution < -0.4 is 20.5 Å². The molecule has 6 nitrogen and oxygen atoms in total. The monoisotopic (exact) mass is 281 g/mol. The van der Waals surface area contributed by atoms with Crippen LogP contribution in [0.25, 0.3) is 0 Å². The fourth-order valence-corrected chi connectivity index (χ4v) is 1.83. The van der Waals surface area contributed by atoms with E-state index in [2.05, 4.69) is 10.5 Å². The van der Waals surface area contributed by atoms with Crippen LogP contribution in [0.5, 0.6) is 11.5 Å². The molecular weight excluding hydrogens is 258 g/mol. The molecule has 0 fully saturated rings. The number of anilines is 1. The first-order valence-corrected chi connectivity index (χ1v) is 6.73. The lowest BCUT2D eigenvalue weighted by Crippen LogP contribution is -2.24. The molecule has 0 amide bonds. The van der Waals surface area contributed by atoms with Gasteiger partial charge in [-0.2, -0.15) is 0 Å². The predicted octanol–water partition coefficient (Wildman–Crippen LogP) is 2.42. The Kier molecular flexibility index (Phi) is 6.49. The van der Waals surface area contributed by atoms with E-state index in [9.17, 15) is 0 Å². The van der Waals surface area contributed by atoms with Crippen molar-refractivity contribution in [2.75, 3.05) is 18.5 Å². The number of nitrogens with two attached hydrogens (primary N) is 1. The summed E-state index contributed by atoms with van der Waals surface area (Å²) in [7, 11) is 0.